The Bertz CT molecular complexity index is 210. The molecule has 0 amide bonds. The Hall–Kier alpha value is -0.420. The third-order valence-corrected chi connectivity index (χ3v) is 1.87. The van der Waals surface area contributed by atoms with Crippen LogP contribution in [0.3, 0.4) is 0 Å². The number of hydrogen-bond donors (Lipinski definition) is 2. The van der Waals surface area contributed by atoms with Crippen LogP contribution in [0.25, 0.3) is 0 Å². The van der Waals surface area contributed by atoms with Crippen molar-refractivity contribution in [1.82, 2.24) is 0 Å². The highest BCUT2D eigenvalue weighted by molar-refractivity contribution is 7.46. The van der Waals surface area contributed by atoms with Crippen molar-refractivity contribution in [2.75, 3.05) is 13.2 Å². The van der Waals surface area contributed by atoms with E-state index in [0.717, 1.165) is 0 Å². The van der Waals surface area contributed by atoms with Gasteiger partial charge in [0.05, 0.1) is 13.2 Å². The summed E-state index contributed by atoms with van der Waals surface area (Å²) in [6.45, 7) is 1.92. The topological polar surface area (TPSA) is 93.1 Å². The number of rotatable bonds is 7. The first-order chi connectivity index (χ1) is 6.45. The first-order valence-corrected chi connectivity index (χ1v) is 5.84. The van der Waals surface area contributed by atoms with Crippen LogP contribution in [0.15, 0.2) is 0 Å². The number of carbonyl (C=O) groups is 1. The molecule has 0 unspecified atom stereocenters. The minimum atomic E-state index is -4.35. The van der Waals surface area contributed by atoms with Crippen molar-refractivity contribution in [3.63, 3.8) is 0 Å². The molecule has 6 nitrogen and oxygen atoms in total. The Kier molecular flexibility index (Phi) is 6.74. The average molecular weight is 226 g/mol. The van der Waals surface area contributed by atoms with E-state index in [4.69, 9.17) is 14.5 Å². The fourth-order valence-electron chi connectivity index (χ4n) is 0.676. The molecule has 14 heavy (non-hydrogen) atoms. The number of phosphoric ester groups is 1. The summed E-state index contributed by atoms with van der Waals surface area (Å²) in [4.78, 5) is 27.2. The number of ether oxygens (including phenoxy) is 1. The third-order valence-electron chi connectivity index (χ3n) is 1.35. The second-order valence-corrected chi connectivity index (χ2v) is 3.84. The smallest absolute Gasteiger partial charge is 0.466 e. The monoisotopic (exact) mass is 226 g/mol. The van der Waals surface area contributed by atoms with E-state index in [-0.39, 0.29) is 19.2 Å². The zero-order valence-corrected chi connectivity index (χ0v) is 8.90. The van der Waals surface area contributed by atoms with Gasteiger partial charge in [0.1, 0.15) is 0 Å². The molecule has 84 valence electrons. The van der Waals surface area contributed by atoms with Crippen molar-refractivity contribution in [2.24, 2.45) is 0 Å². The van der Waals surface area contributed by atoms with Gasteiger partial charge in [-0.05, 0) is 12.8 Å². The van der Waals surface area contributed by atoms with Crippen LogP contribution in [0, 0.1) is 0 Å². The van der Waals surface area contributed by atoms with Crippen molar-refractivity contribution < 1.29 is 28.4 Å². The molecule has 0 bridgehead atoms. The van der Waals surface area contributed by atoms with Crippen LogP contribution in [0.4, 0.5) is 0 Å². The number of unbranched alkanes of at least 4 members (excludes halogenated alkanes) is 1. The molecule has 7 heteroatoms. The minimum Gasteiger partial charge on any atom is -0.466 e. The number of esters is 1. The van der Waals surface area contributed by atoms with Crippen LogP contribution in [0.1, 0.15) is 26.2 Å². The number of phosphoric acid groups is 1. The second-order valence-electron chi connectivity index (χ2n) is 2.60. The molecule has 0 saturated heterocycles. The maximum absolute atomic E-state index is 10.6. The van der Waals surface area contributed by atoms with Crippen LogP contribution >= 0.6 is 7.82 Å². The Morgan fingerprint density at radius 3 is 2.36 bits per heavy atom. The lowest BCUT2D eigenvalue weighted by Gasteiger charge is -2.05. The van der Waals surface area contributed by atoms with E-state index in [2.05, 4.69) is 4.52 Å². The first-order valence-electron chi connectivity index (χ1n) is 4.31. The van der Waals surface area contributed by atoms with E-state index < -0.39 is 7.82 Å². The lowest BCUT2D eigenvalue weighted by atomic mass is 10.3. The molecule has 0 saturated carbocycles. The maximum Gasteiger partial charge on any atom is 0.469 e. The summed E-state index contributed by atoms with van der Waals surface area (Å²) >= 11 is 0. The Morgan fingerprint density at radius 2 is 1.86 bits per heavy atom. The van der Waals surface area contributed by atoms with E-state index in [9.17, 15) is 9.36 Å². The van der Waals surface area contributed by atoms with Gasteiger partial charge in [-0.2, -0.15) is 0 Å². The van der Waals surface area contributed by atoms with Crippen molar-refractivity contribution in [3.05, 3.63) is 0 Å². The molecular formula is C7H15O6P. The van der Waals surface area contributed by atoms with Gasteiger partial charge < -0.3 is 14.5 Å². The van der Waals surface area contributed by atoms with Gasteiger partial charge in [0.25, 0.3) is 0 Å². The minimum absolute atomic E-state index is 0.0338. The molecule has 0 spiro atoms. The van der Waals surface area contributed by atoms with Gasteiger partial charge in [0, 0.05) is 6.42 Å². The summed E-state index contributed by atoms with van der Waals surface area (Å²) in [5.41, 5.74) is 0. The van der Waals surface area contributed by atoms with Crippen molar-refractivity contribution in [3.8, 4) is 0 Å². The van der Waals surface area contributed by atoms with E-state index in [0.29, 0.717) is 19.3 Å². The molecule has 0 rings (SSSR count). The lowest BCUT2D eigenvalue weighted by Crippen LogP contribution is -2.04. The van der Waals surface area contributed by atoms with Crippen molar-refractivity contribution in [1.29, 1.82) is 0 Å². The van der Waals surface area contributed by atoms with E-state index in [1.165, 1.54) is 0 Å². The zero-order valence-electron chi connectivity index (χ0n) is 8.01. The van der Waals surface area contributed by atoms with Gasteiger partial charge in [-0.25, -0.2) is 4.57 Å². The quantitative estimate of drug-likeness (QED) is 0.379. The molecule has 0 fully saturated rings. The normalized spacial score (nSPS) is 11.4. The maximum atomic E-state index is 10.6. The Balaban J connectivity index is 3.23. The Labute approximate surface area is 82.5 Å². The van der Waals surface area contributed by atoms with Crippen molar-refractivity contribution in [2.45, 2.75) is 26.2 Å². The van der Waals surface area contributed by atoms with Gasteiger partial charge in [0.15, 0.2) is 0 Å². The summed E-state index contributed by atoms with van der Waals surface area (Å²) in [6, 6.07) is 0. The summed E-state index contributed by atoms with van der Waals surface area (Å²) in [7, 11) is -4.35. The largest absolute Gasteiger partial charge is 0.469 e. The summed E-state index contributed by atoms with van der Waals surface area (Å²) < 4.78 is 19.1. The molecule has 0 aliphatic heterocycles. The van der Waals surface area contributed by atoms with E-state index in [1.807, 2.05) is 0 Å². The molecule has 0 aliphatic carbocycles. The van der Waals surface area contributed by atoms with Gasteiger partial charge in [0.2, 0.25) is 0 Å². The van der Waals surface area contributed by atoms with Crippen LogP contribution in [0.5, 0.6) is 0 Å². The average Bonchev–Trinajstić information content (AvgIpc) is 2.08. The van der Waals surface area contributed by atoms with Gasteiger partial charge in [-0.15, -0.1) is 0 Å². The molecule has 0 aromatic carbocycles. The SMILES string of the molecule is CCC(=O)OCCCCOP(=O)(O)O. The highest BCUT2D eigenvalue weighted by atomic mass is 31.2. The van der Waals surface area contributed by atoms with E-state index >= 15 is 0 Å². The predicted molar refractivity (Wildman–Crippen MR) is 48.5 cm³/mol. The van der Waals surface area contributed by atoms with Crippen LogP contribution in [-0.2, 0) is 18.6 Å². The predicted octanol–water partition coefficient (Wildman–Crippen LogP) is 0.829. The third kappa shape index (κ3) is 9.67. The standard InChI is InChI=1S/C7H15O6P/c1-2-7(8)12-5-3-4-6-13-14(9,10)11/h2-6H2,1H3,(H2,9,10,11). The Morgan fingerprint density at radius 1 is 1.29 bits per heavy atom. The van der Waals surface area contributed by atoms with E-state index in [1.54, 1.807) is 6.92 Å². The molecule has 0 radical (unpaired) electrons. The highest BCUT2D eigenvalue weighted by Crippen LogP contribution is 2.35. The van der Waals surface area contributed by atoms with Gasteiger partial charge in [-0.3, -0.25) is 9.32 Å². The fraction of sp³-hybridized carbons (Fsp3) is 0.857. The highest BCUT2D eigenvalue weighted by Gasteiger charge is 2.12. The molecule has 0 atom stereocenters. The summed E-state index contributed by atoms with van der Waals surface area (Å²) in [6.07, 6.45) is 1.31. The zero-order chi connectivity index (χ0) is 11.0. The van der Waals surface area contributed by atoms with Crippen LogP contribution in [0.2, 0.25) is 0 Å². The number of carbonyl (C=O) groups excluding carboxylic acids is 1. The molecule has 0 aromatic rings. The second kappa shape index (κ2) is 6.95. The molecule has 2 N–H and O–H groups in total. The molecule has 0 aromatic heterocycles. The van der Waals surface area contributed by atoms with Gasteiger partial charge >= 0.3 is 13.8 Å². The summed E-state index contributed by atoms with van der Waals surface area (Å²) in [5.74, 6) is -0.277. The molecule has 0 aliphatic rings. The van der Waals surface area contributed by atoms with Crippen LogP contribution in [-0.4, -0.2) is 29.0 Å². The lowest BCUT2D eigenvalue weighted by molar-refractivity contribution is -0.143. The van der Waals surface area contributed by atoms with Gasteiger partial charge in [-0.1, -0.05) is 6.92 Å². The molecule has 0 heterocycles. The first kappa shape index (κ1) is 13.6. The fourth-order valence-corrected chi connectivity index (χ4v) is 1.04. The van der Waals surface area contributed by atoms with Crippen molar-refractivity contribution >= 4 is 13.8 Å². The number of hydrogen-bond acceptors (Lipinski definition) is 4. The molecular weight excluding hydrogens is 211 g/mol. The summed E-state index contributed by atoms with van der Waals surface area (Å²) in [5, 5.41) is 0. The van der Waals surface area contributed by atoms with Crippen LogP contribution < -0.4 is 0 Å².